The van der Waals surface area contributed by atoms with Gasteiger partial charge in [-0.3, -0.25) is 0 Å². The van der Waals surface area contributed by atoms with E-state index in [9.17, 15) is 4.39 Å². The number of ether oxygens (including phenoxy) is 2. The van der Waals surface area contributed by atoms with Crippen molar-refractivity contribution in [2.45, 2.75) is 26.6 Å². The van der Waals surface area contributed by atoms with Crippen LogP contribution in [0.25, 0.3) is 0 Å². The summed E-state index contributed by atoms with van der Waals surface area (Å²) in [7, 11) is 1.54. The maximum Gasteiger partial charge on any atom is 0.267 e. The molecule has 0 aliphatic carbocycles. The number of hydrogen-bond donors (Lipinski definition) is 0. The number of nitrogens with zero attached hydrogens (tertiary/aromatic N) is 2. The summed E-state index contributed by atoms with van der Waals surface area (Å²) in [6.45, 7) is 3.83. The third kappa shape index (κ3) is 3.29. The number of benzene rings is 1. The van der Waals surface area contributed by atoms with Gasteiger partial charge in [-0.15, -0.1) is 0 Å². The van der Waals surface area contributed by atoms with Crippen LogP contribution in [0.4, 0.5) is 4.39 Å². The number of aromatic nitrogens is 2. The molecular formula is C13H15FN2O3. The quantitative estimate of drug-likeness (QED) is 0.832. The van der Waals surface area contributed by atoms with E-state index < -0.39 is 11.9 Å². The Balaban J connectivity index is 2.11. The Morgan fingerprint density at radius 1 is 1.42 bits per heavy atom. The molecule has 19 heavy (non-hydrogen) atoms. The van der Waals surface area contributed by atoms with Gasteiger partial charge < -0.3 is 14.0 Å². The topological polar surface area (TPSA) is 57.4 Å². The Morgan fingerprint density at radius 3 is 2.95 bits per heavy atom. The van der Waals surface area contributed by atoms with Gasteiger partial charge in [-0.25, -0.2) is 4.39 Å². The van der Waals surface area contributed by atoms with Crippen LogP contribution in [0.15, 0.2) is 22.7 Å². The lowest BCUT2D eigenvalue weighted by Crippen LogP contribution is -2.05. The van der Waals surface area contributed by atoms with E-state index in [1.807, 2.05) is 6.92 Å². The number of halogens is 1. The fraction of sp³-hybridized carbons (Fsp3) is 0.385. The van der Waals surface area contributed by atoms with Crippen LogP contribution < -0.4 is 4.74 Å². The number of hydrogen-bond acceptors (Lipinski definition) is 5. The maximum atomic E-state index is 13.6. The molecule has 0 spiro atoms. The Labute approximate surface area is 110 Å². The van der Waals surface area contributed by atoms with E-state index in [2.05, 4.69) is 10.1 Å². The smallest absolute Gasteiger partial charge is 0.267 e. The molecule has 2 rings (SSSR count). The number of aryl methyl sites for hydroxylation is 1. The van der Waals surface area contributed by atoms with Gasteiger partial charge in [0.05, 0.1) is 0 Å². The molecule has 102 valence electrons. The van der Waals surface area contributed by atoms with Crippen molar-refractivity contribution in [2.75, 3.05) is 7.11 Å². The number of rotatable bonds is 5. The average Bonchev–Trinajstić information content (AvgIpc) is 2.83. The van der Waals surface area contributed by atoms with Crippen LogP contribution in [0.2, 0.25) is 0 Å². The van der Waals surface area contributed by atoms with Gasteiger partial charge in [0, 0.05) is 7.11 Å². The molecule has 1 heterocycles. The molecule has 0 bridgehead atoms. The highest BCUT2D eigenvalue weighted by molar-refractivity contribution is 5.29. The summed E-state index contributed by atoms with van der Waals surface area (Å²) in [5.41, 5.74) is 0.911. The fourth-order valence-electron chi connectivity index (χ4n) is 1.56. The molecule has 5 nitrogen and oxygen atoms in total. The summed E-state index contributed by atoms with van der Waals surface area (Å²) in [4.78, 5) is 4.10. The molecule has 2 aromatic rings. The lowest BCUT2D eigenvalue weighted by atomic mass is 10.2. The van der Waals surface area contributed by atoms with E-state index in [0.717, 1.165) is 5.56 Å². The van der Waals surface area contributed by atoms with E-state index in [4.69, 9.17) is 14.0 Å². The van der Waals surface area contributed by atoms with E-state index >= 15 is 0 Å². The van der Waals surface area contributed by atoms with E-state index in [1.54, 1.807) is 19.1 Å². The Morgan fingerprint density at radius 2 is 2.21 bits per heavy atom. The van der Waals surface area contributed by atoms with Crippen LogP contribution in [0, 0.1) is 12.7 Å². The summed E-state index contributed by atoms with van der Waals surface area (Å²) in [5, 5.41) is 3.72. The standard InChI is InChI=1S/C13H15FN2O3/c1-8-4-5-10(14)11(6-8)18-9(2)13-15-12(7-17-3)16-19-13/h4-6,9H,7H2,1-3H3/t9-/m0/s1. The zero-order valence-corrected chi connectivity index (χ0v) is 11.0. The zero-order chi connectivity index (χ0) is 13.8. The summed E-state index contributed by atoms with van der Waals surface area (Å²) in [6.07, 6.45) is -0.533. The van der Waals surface area contributed by atoms with Gasteiger partial charge in [-0.1, -0.05) is 11.2 Å². The minimum atomic E-state index is -0.533. The van der Waals surface area contributed by atoms with Gasteiger partial charge in [0.25, 0.3) is 5.89 Å². The first kappa shape index (κ1) is 13.5. The molecule has 0 radical (unpaired) electrons. The van der Waals surface area contributed by atoms with Crippen molar-refractivity contribution in [1.82, 2.24) is 10.1 Å². The SMILES string of the molecule is COCc1noc([C@H](C)Oc2cc(C)ccc2F)n1. The summed E-state index contributed by atoms with van der Waals surface area (Å²) in [5.74, 6) is 0.457. The molecule has 1 atom stereocenters. The van der Waals surface area contributed by atoms with Crippen LogP contribution >= 0.6 is 0 Å². The second-order valence-electron chi connectivity index (χ2n) is 4.18. The zero-order valence-electron chi connectivity index (χ0n) is 11.0. The highest BCUT2D eigenvalue weighted by atomic mass is 19.1. The van der Waals surface area contributed by atoms with Crippen molar-refractivity contribution in [1.29, 1.82) is 0 Å². The molecule has 1 aromatic carbocycles. The van der Waals surface area contributed by atoms with Gasteiger partial charge in [-0.2, -0.15) is 4.98 Å². The molecule has 6 heteroatoms. The third-order valence-corrected chi connectivity index (χ3v) is 2.50. The molecule has 0 fully saturated rings. The van der Waals surface area contributed by atoms with Crippen LogP contribution in [-0.4, -0.2) is 17.3 Å². The number of methoxy groups -OCH3 is 1. The molecular weight excluding hydrogens is 251 g/mol. The van der Waals surface area contributed by atoms with E-state index in [1.165, 1.54) is 13.2 Å². The molecule has 0 aliphatic rings. The molecule has 0 N–H and O–H groups in total. The highest BCUT2D eigenvalue weighted by Gasteiger charge is 2.17. The van der Waals surface area contributed by atoms with Gasteiger partial charge in [0.15, 0.2) is 23.5 Å². The monoisotopic (exact) mass is 266 g/mol. The lowest BCUT2D eigenvalue weighted by Gasteiger charge is -2.11. The largest absolute Gasteiger partial charge is 0.478 e. The van der Waals surface area contributed by atoms with Crippen molar-refractivity contribution in [3.63, 3.8) is 0 Å². The summed E-state index contributed by atoms with van der Waals surface area (Å²) < 4.78 is 29.0. The lowest BCUT2D eigenvalue weighted by molar-refractivity contribution is 0.165. The van der Waals surface area contributed by atoms with Crippen molar-refractivity contribution < 1.29 is 18.4 Å². The van der Waals surface area contributed by atoms with E-state index in [0.29, 0.717) is 5.82 Å². The van der Waals surface area contributed by atoms with Crippen molar-refractivity contribution >= 4 is 0 Å². The molecule has 0 amide bonds. The first-order chi connectivity index (χ1) is 9.10. The van der Waals surface area contributed by atoms with Gasteiger partial charge in [-0.05, 0) is 31.5 Å². The molecule has 0 saturated carbocycles. The van der Waals surface area contributed by atoms with Crippen LogP contribution in [0.1, 0.15) is 30.3 Å². The minimum Gasteiger partial charge on any atom is -0.478 e. The second-order valence-corrected chi connectivity index (χ2v) is 4.18. The summed E-state index contributed by atoms with van der Waals surface area (Å²) >= 11 is 0. The predicted octanol–water partition coefficient (Wildman–Crippen LogP) is 2.80. The Kier molecular flexibility index (Phi) is 4.11. The molecule has 0 aliphatic heterocycles. The first-order valence-corrected chi connectivity index (χ1v) is 5.84. The molecule has 0 saturated heterocycles. The van der Waals surface area contributed by atoms with E-state index in [-0.39, 0.29) is 18.2 Å². The molecule has 0 unspecified atom stereocenters. The first-order valence-electron chi connectivity index (χ1n) is 5.84. The second kappa shape index (κ2) is 5.79. The Hall–Kier alpha value is -1.95. The van der Waals surface area contributed by atoms with Crippen LogP contribution in [0.3, 0.4) is 0 Å². The van der Waals surface area contributed by atoms with Crippen molar-refractivity contribution in [3.05, 3.63) is 41.3 Å². The normalized spacial score (nSPS) is 12.4. The predicted molar refractivity (Wildman–Crippen MR) is 65.2 cm³/mol. The third-order valence-electron chi connectivity index (χ3n) is 2.50. The Bertz CT molecular complexity index is 557. The molecule has 1 aromatic heterocycles. The van der Waals surface area contributed by atoms with Crippen LogP contribution in [-0.2, 0) is 11.3 Å². The van der Waals surface area contributed by atoms with Crippen molar-refractivity contribution in [2.24, 2.45) is 0 Å². The fourth-order valence-corrected chi connectivity index (χ4v) is 1.56. The van der Waals surface area contributed by atoms with Crippen LogP contribution in [0.5, 0.6) is 5.75 Å². The van der Waals surface area contributed by atoms with Gasteiger partial charge >= 0.3 is 0 Å². The van der Waals surface area contributed by atoms with Crippen molar-refractivity contribution in [3.8, 4) is 5.75 Å². The average molecular weight is 266 g/mol. The van der Waals surface area contributed by atoms with Gasteiger partial charge in [0.1, 0.15) is 6.61 Å². The minimum absolute atomic E-state index is 0.166. The summed E-state index contributed by atoms with van der Waals surface area (Å²) in [6, 6.07) is 4.66. The highest BCUT2D eigenvalue weighted by Crippen LogP contribution is 2.24. The maximum absolute atomic E-state index is 13.6. The van der Waals surface area contributed by atoms with Gasteiger partial charge in [0.2, 0.25) is 0 Å².